The van der Waals surface area contributed by atoms with Gasteiger partial charge in [0, 0.05) is 37.4 Å². The highest BCUT2D eigenvalue weighted by Gasteiger charge is 2.20. The molecule has 0 aliphatic carbocycles. The van der Waals surface area contributed by atoms with Gasteiger partial charge in [0.1, 0.15) is 5.82 Å². The zero-order valence-electron chi connectivity index (χ0n) is 13.3. The van der Waals surface area contributed by atoms with E-state index in [1.165, 1.54) is 0 Å². The Kier molecular flexibility index (Phi) is 4.00. The van der Waals surface area contributed by atoms with Gasteiger partial charge < -0.3 is 15.2 Å². The van der Waals surface area contributed by atoms with Crippen LogP contribution in [0.4, 0.5) is 0 Å². The number of benzene rings is 1. The Balaban J connectivity index is 1.31. The first kappa shape index (κ1) is 14.9. The van der Waals surface area contributed by atoms with Crippen LogP contribution in [0.2, 0.25) is 0 Å². The molecular formula is C17H20N6O. The number of nitrogens with zero attached hydrogens (tertiary/aromatic N) is 3. The van der Waals surface area contributed by atoms with Gasteiger partial charge in [-0.1, -0.05) is 18.2 Å². The normalized spacial score (nSPS) is 16.9. The molecule has 0 bridgehead atoms. The monoisotopic (exact) mass is 324 g/mol. The lowest BCUT2D eigenvalue weighted by Gasteiger charge is -2.24. The van der Waals surface area contributed by atoms with Crippen molar-refractivity contribution >= 4 is 16.8 Å². The van der Waals surface area contributed by atoms with Crippen LogP contribution in [-0.4, -0.2) is 38.7 Å². The average Bonchev–Trinajstić information content (AvgIpc) is 3.25. The highest BCUT2D eigenvalue weighted by molar-refractivity contribution is 6.04. The van der Waals surface area contributed by atoms with Gasteiger partial charge in [-0.2, -0.15) is 5.10 Å². The number of fused-ring (bicyclic) bond motifs is 2. The van der Waals surface area contributed by atoms with E-state index in [1.54, 1.807) is 0 Å². The first-order valence-electron chi connectivity index (χ1n) is 8.28. The lowest BCUT2D eigenvalue weighted by Crippen LogP contribution is -2.35. The summed E-state index contributed by atoms with van der Waals surface area (Å²) in [6.45, 7) is 2.29. The van der Waals surface area contributed by atoms with Crippen LogP contribution in [0, 0.1) is 0 Å². The van der Waals surface area contributed by atoms with E-state index in [1.807, 2.05) is 36.7 Å². The number of aryl methyl sites for hydroxylation is 1. The molecule has 0 saturated heterocycles. The lowest BCUT2D eigenvalue weighted by atomic mass is 10.1. The van der Waals surface area contributed by atoms with Crippen molar-refractivity contribution in [2.45, 2.75) is 25.4 Å². The van der Waals surface area contributed by atoms with Gasteiger partial charge in [-0.15, -0.1) is 0 Å². The molecule has 7 heteroatoms. The number of aromatic nitrogens is 4. The molecule has 1 aromatic carbocycles. The summed E-state index contributed by atoms with van der Waals surface area (Å²) in [5, 5.41) is 14.2. The molecule has 1 amide bonds. The van der Waals surface area contributed by atoms with Crippen LogP contribution < -0.4 is 10.6 Å². The number of para-hydroxylation sites is 1. The van der Waals surface area contributed by atoms with Gasteiger partial charge in [-0.25, -0.2) is 4.98 Å². The van der Waals surface area contributed by atoms with Crippen molar-refractivity contribution in [2.24, 2.45) is 0 Å². The van der Waals surface area contributed by atoms with Gasteiger partial charge in [0.15, 0.2) is 5.69 Å². The molecule has 0 fully saturated rings. The SMILES string of the molecule is O=C(NCCNC1CCCn2ccnc21)c1n[nH]c2ccccc12. The van der Waals surface area contributed by atoms with E-state index in [2.05, 4.69) is 30.4 Å². The van der Waals surface area contributed by atoms with Crippen molar-refractivity contribution in [1.82, 2.24) is 30.4 Å². The van der Waals surface area contributed by atoms with E-state index in [0.29, 0.717) is 18.8 Å². The number of aromatic amines is 1. The third-order valence-electron chi connectivity index (χ3n) is 4.44. The quantitative estimate of drug-likeness (QED) is 0.622. The summed E-state index contributed by atoms with van der Waals surface area (Å²) in [4.78, 5) is 16.7. The fourth-order valence-corrected chi connectivity index (χ4v) is 3.25. The maximum absolute atomic E-state index is 12.3. The smallest absolute Gasteiger partial charge is 0.272 e. The molecule has 1 aliphatic rings. The number of rotatable bonds is 5. The summed E-state index contributed by atoms with van der Waals surface area (Å²) in [5.41, 5.74) is 1.31. The van der Waals surface area contributed by atoms with Gasteiger partial charge in [-0.05, 0) is 18.9 Å². The van der Waals surface area contributed by atoms with Crippen LogP contribution >= 0.6 is 0 Å². The van der Waals surface area contributed by atoms with E-state index >= 15 is 0 Å². The Morgan fingerprint density at radius 2 is 2.25 bits per heavy atom. The van der Waals surface area contributed by atoms with Crippen molar-refractivity contribution in [1.29, 1.82) is 0 Å². The van der Waals surface area contributed by atoms with E-state index in [4.69, 9.17) is 0 Å². The molecule has 1 aliphatic heterocycles. The second kappa shape index (κ2) is 6.45. The van der Waals surface area contributed by atoms with Gasteiger partial charge in [0.2, 0.25) is 0 Å². The fraction of sp³-hybridized carbons (Fsp3) is 0.353. The van der Waals surface area contributed by atoms with Crippen LogP contribution in [0.3, 0.4) is 0 Å². The number of hydrogen-bond acceptors (Lipinski definition) is 4. The van der Waals surface area contributed by atoms with Gasteiger partial charge >= 0.3 is 0 Å². The van der Waals surface area contributed by atoms with Crippen molar-refractivity contribution in [3.63, 3.8) is 0 Å². The second-order valence-corrected chi connectivity index (χ2v) is 6.00. The Hall–Kier alpha value is -2.67. The topological polar surface area (TPSA) is 87.6 Å². The molecule has 2 aromatic heterocycles. The number of hydrogen-bond donors (Lipinski definition) is 3. The standard InChI is InChI=1S/C17H20N6O/c24-17(15-12-4-1-2-5-13(12)21-22-15)20-8-7-18-14-6-3-10-23-11-9-19-16(14)23/h1-2,4-5,9,11,14,18H,3,6-8,10H2,(H,20,24)(H,21,22). The van der Waals surface area contributed by atoms with Gasteiger partial charge in [-0.3, -0.25) is 9.89 Å². The Morgan fingerprint density at radius 1 is 1.33 bits per heavy atom. The van der Waals surface area contributed by atoms with E-state index < -0.39 is 0 Å². The predicted molar refractivity (Wildman–Crippen MR) is 90.6 cm³/mol. The predicted octanol–water partition coefficient (Wildman–Crippen LogP) is 1.61. The van der Waals surface area contributed by atoms with Crippen LogP contribution in [0.1, 0.15) is 35.2 Å². The average molecular weight is 324 g/mol. The largest absolute Gasteiger partial charge is 0.349 e. The van der Waals surface area contributed by atoms with Crippen molar-refractivity contribution in [3.05, 3.63) is 48.2 Å². The minimum absolute atomic E-state index is 0.153. The second-order valence-electron chi connectivity index (χ2n) is 6.00. The molecular weight excluding hydrogens is 304 g/mol. The molecule has 0 saturated carbocycles. The highest BCUT2D eigenvalue weighted by atomic mass is 16.1. The fourth-order valence-electron chi connectivity index (χ4n) is 3.25. The summed E-state index contributed by atoms with van der Waals surface area (Å²) >= 11 is 0. The third kappa shape index (κ3) is 2.78. The molecule has 0 spiro atoms. The first-order valence-corrected chi connectivity index (χ1v) is 8.28. The number of amides is 1. The zero-order chi connectivity index (χ0) is 16.4. The van der Waals surface area contributed by atoms with E-state index in [0.717, 1.165) is 36.1 Å². The molecule has 3 N–H and O–H groups in total. The Bertz CT molecular complexity index is 852. The summed E-state index contributed by atoms with van der Waals surface area (Å²) in [5.74, 6) is 0.935. The zero-order valence-corrected chi connectivity index (χ0v) is 13.3. The molecule has 124 valence electrons. The third-order valence-corrected chi connectivity index (χ3v) is 4.44. The molecule has 24 heavy (non-hydrogen) atoms. The maximum Gasteiger partial charge on any atom is 0.272 e. The number of carbonyl (C=O) groups excluding carboxylic acids is 1. The number of imidazole rings is 1. The van der Waals surface area contributed by atoms with Gasteiger partial charge in [0.25, 0.3) is 5.91 Å². The van der Waals surface area contributed by atoms with Crippen LogP contribution in [-0.2, 0) is 6.54 Å². The highest BCUT2D eigenvalue weighted by Crippen LogP contribution is 2.22. The molecule has 1 atom stereocenters. The van der Waals surface area contributed by atoms with Crippen molar-refractivity contribution in [3.8, 4) is 0 Å². The molecule has 0 radical (unpaired) electrons. The van der Waals surface area contributed by atoms with Gasteiger partial charge in [0.05, 0.1) is 11.6 Å². The van der Waals surface area contributed by atoms with Crippen molar-refractivity contribution in [2.75, 3.05) is 13.1 Å². The number of H-pyrrole nitrogens is 1. The van der Waals surface area contributed by atoms with E-state index in [-0.39, 0.29) is 11.9 Å². The Morgan fingerprint density at radius 3 is 3.21 bits per heavy atom. The van der Waals surface area contributed by atoms with Crippen LogP contribution in [0.15, 0.2) is 36.7 Å². The lowest BCUT2D eigenvalue weighted by molar-refractivity contribution is 0.0950. The summed E-state index contributed by atoms with van der Waals surface area (Å²) < 4.78 is 2.19. The molecule has 1 unspecified atom stereocenters. The minimum atomic E-state index is -0.153. The molecule has 3 aromatic rings. The molecule has 4 rings (SSSR count). The van der Waals surface area contributed by atoms with E-state index in [9.17, 15) is 4.79 Å². The summed E-state index contributed by atoms with van der Waals surface area (Å²) in [6.07, 6.45) is 6.09. The molecule has 3 heterocycles. The van der Waals surface area contributed by atoms with Crippen molar-refractivity contribution < 1.29 is 4.79 Å². The summed E-state index contributed by atoms with van der Waals surface area (Å²) in [6, 6.07) is 7.89. The summed E-state index contributed by atoms with van der Waals surface area (Å²) in [7, 11) is 0. The minimum Gasteiger partial charge on any atom is -0.349 e. The Labute approximate surface area is 139 Å². The van der Waals surface area contributed by atoms with Crippen LogP contribution in [0.25, 0.3) is 10.9 Å². The first-order chi connectivity index (χ1) is 11.8. The number of carbonyl (C=O) groups is 1. The number of nitrogens with one attached hydrogen (secondary N) is 3. The molecule has 7 nitrogen and oxygen atoms in total. The maximum atomic E-state index is 12.3. The van der Waals surface area contributed by atoms with Crippen LogP contribution in [0.5, 0.6) is 0 Å².